The predicted molar refractivity (Wildman–Crippen MR) is 73.8 cm³/mol. The molecular weight excluding hydrogens is 266 g/mol. The molecule has 2 heterocycles. The van der Waals surface area contributed by atoms with Crippen molar-refractivity contribution in [1.82, 2.24) is 5.32 Å². The van der Waals surface area contributed by atoms with Crippen LogP contribution in [-0.2, 0) is 6.54 Å². The van der Waals surface area contributed by atoms with Crippen LogP contribution in [0.2, 0.25) is 0 Å². The van der Waals surface area contributed by atoms with Gasteiger partial charge in [0.15, 0.2) is 0 Å². The Morgan fingerprint density at radius 2 is 2.22 bits per heavy atom. The first-order valence-electron chi connectivity index (χ1n) is 5.29. The molecule has 0 fully saturated rings. The van der Waals surface area contributed by atoms with Gasteiger partial charge in [-0.3, -0.25) is 4.79 Å². The van der Waals surface area contributed by atoms with E-state index in [1.807, 2.05) is 22.9 Å². The van der Waals surface area contributed by atoms with Crippen molar-refractivity contribution >= 4 is 28.6 Å². The average molecular weight is 277 g/mol. The third kappa shape index (κ3) is 3.20. The Kier molecular flexibility index (Phi) is 4.53. The molecule has 0 radical (unpaired) electrons. The topological polar surface area (TPSA) is 49.3 Å². The summed E-state index contributed by atoms with van der Waals surface area (Å²) in [6.45, 7) is 0.327. The largest absolute Gasteiger partial charge is 0.384 e. The molecule has 0 atom stereocenters. The van der Waals surface area contributed by atoms with Crippen molar-refractivity contribution in [3.8, 4) is 11.8 Å². The number of hydrogen-bond acceptors (Lipinski definition) is 4. The zero-order valence-corrected chi connectivity index (χ0v) is 11.1. The third-order valence-electron chi connectivity index (χ3n) is 2.18. The lowest BCUT2D eigenvalue weighted by Crippen LogP contribution is -2.22. The molecule has 2 N–H and O–H groups in total. The Morgan fingerprint density at radius 3 is 2.94 bits per heavy atom. The molecule has 0 unspecified atom stereocenters. The average Bonchev–Trinajstić information content (AvgIpc) is 3.04. The molecule has 0 aliphatic carbocycles. The fourth-order valence-corrected chi connectivity index (χ4v) is 2.79. The van der Waals surface area contributed by atoms with E-state index in [4.69, 9.17) is 5.11 Å². The van der Waals surface area contributed by atoms with E-state index in [0.29, 0.717) is 17.0 Å². The Hall–Kier alpha value is -1.61. The second-order valence-corrected chi connectivity index (χ2v) is 5.33. The van der Waals surface area contributed by atoms with Crippen LogP contribution < -0.4 is 5.32 Å². The third-order valence-corrected chi connectivity index (χ3v) is 3.97. The highest BCUT2D eigenvalue weighted by molar-refractivity contribution is 7.12. The molecule has 0 aliphatic heterocycles. The van der Waals surface area contributed by atoms with Crippen molar-refractivity contribution in [2.24, 2.45) is 0 Å². The molecule has 18 heavy (non-hydrogen) atoms. The van der Waals surface area contributed by atoms with Crippen LogP contribution in [0.3, 0.4) is 0 Å². The number of aliphatic hydroxyl groups is 1. The molecule has 0 aliphatic rings. The Balaban J connectivity index is 2.02. The van der Waals surface area contributed by atoms with E-state index in [0.717, 1.165) is 4.88 Å². The van der Waals surface area contributed by atoms with Gasteiger partial charge < -0.3 is 10.4 Å². The molecule has 2 aromatic rings. The maximum Gasteiger partial charge on any atom is 0.262 e. The summed E-state index contributed by atoms with van der Waals surface area (Å²) in [5.41, 5.74) is 0.665. The molecule has 0 saturated carbocycles. The molecule has 92 valence electrons. The summed E-state index contributed by atoms with van der Waals surface area (Å²) in [7, 11) is 0. The van der Waals surface area contributed by atoms with Gasteiger partial charge in [-0.1, -0.05) is 17.9 Å². The zero-order chi connectivity index (χ0) is 12.8. The molecule has 0 bridgehead atoms. The van der Waals surface area contributed by atoms with Gasteiger partial charge in [0.1, 0.15) is 11.5 Å². The summed E-state index contributed by atoms with van der Waals surface area (Å²) in [6.07, 6.45) is 0. The Labute approximate surface area is 113 Å². The summed E-state index contributed by atoms with van der Waals surface area (Å²) in [5.74, 6) is 5.19. The molecule has 1 amide bonds. The van der Waals surface area contributed by atoms with Crippen LogP contribution in [0.1, 0.15) is 20.1 Å². The van der Waals surface area contributed by atoms with E-state index in [-0.39, 0.29) is 12.5 Å². The van der Waals surface area contributed by atoms with Crippen molar-refractivity contribution in [2.75, 3.05) is 6.61 Å². The first kappa shape index (κ1) is 12.8. The lowest BCUT2D eigenvalue weighted by atomic mass is 10.2. The van der Waals surface area contributed by atoms with E-state index in [1.165, 1.54) is 11.3 Å². The minimum Gasteiger partial charge on any atom is -0.384 e. The maximum atomic E-state index is 12.0. The first-order valence-corrected chi connectivity index (χ1v) is 7.05. The van der Waals surface area contributed by atoms with Crippen LogP contribution in [0.15, 0.2) is 29.0 Å². The normalized spacial score (nSPS) is 9.61. The van der Waals surface area contributed by atoms with Gasteiger partial charge in [0.25, 0.3) is 5.91 Å². The standard InChI is InChI=1S/C13H11NO2S2/c15-6-1-3-10-5-8-18-12(10)13(16)14-9-11-4-2-7-17-11/h2,4-5,7-8,15H,6,9H2,(H,14,16). The van der Waals surface area contributed by atoms with Crippen molar-refractivity contribution < 1.29 is 9.90 Å². The summed E-state index contributed by atoms with van der Waals surface area (Å²) >= 11 is 2.96. The highest BCUT2D eigenvalue weighted by Gasteiger charge is 2.11. The Morgan fingerprint density at radius 1 is 1.33 bits per heavy atom. The minimum absolute atomic E-state index is 0.124. The van der Waals surface area contributed by atoms with Crippen molar-refractivity contribution in [3.05, 3.63) is 44.3 Å². The van der Waals surface area contributed by atoms with Gasteiger partial charge in [-0.05, 0) is 22.9 Å². The molecular formula is C13H11NO2S2. The number of aliphatic hydroxyl groups excluding tert-OH is 1. The molecule has 0 spiro atoms. The molecule has 0 aromatic carbocycles. The number of amides is 1. The summed E-state index contributed by atoms with van der Waals surface area (Å²) < 4.78 is 0. The van der Waals surface area contributed by atoms with Crippen molar-refractivity contribution in [1.29, 1.82) is 0 Å². The van der Waals surface area contributed by atoms with Gasteiger partial charge in [-0.25, -0.2) is 0 Å². The van der Waals surface area contributed by atoms with Crippen LogP contribution in [0.25, 0.3) is 0 Å². The van der Waals surface area contributed by atoms with Crippen molar-refractivity contribution in [3.63, 3.8) is 0 Å². The quantitative estimate of drug-likeness (QED) is 0.844. The predicted octanol–water partition coefficient (Wildman–Crippen LogP) is 2.08. The first-order chi connectivity index (χ1) is 8.81. The fourth-order valence-electron chi connectivity index (χ4n) is 1.38. The number of carbonyl (C=O) groups is 1. The number of carbonyl (C=O) groups excluding carboxylic acids is 1. The zero-order valence-electron chi connectivity index (χ0n) is 9.47. The molecule has 2 aromatic heterocycles. The highest BCUT2D eigenvalue weighted by Crippen LogP contribution is 2.16. The van der Waals surface area contributed by atoms with Crippen LogP contribution in [0.4, 0.5) is 0 Å². The molecule has 3 nitrogen and oxygen atoms in total. The van der Waals surface area contributed by atoms with E-state index >= 15 is 0 Å². The number of thiophene rings is 2. The minimum atomic E-state index is -0.202. The number of rotatable bonds is 3. The van der Waals surface area contributed by atoms with Crippen LogP contribution in [-0.4, -0.2) is 17.6 Å². The maximum absolute atomic E-state index is 12.0. The molecule has 0 saturated heterocycles. The van der Waals surface area contributed by atoms with Crippen LogP contribution in [0.5, 0.6) is 0 Å². The molecule has 5 heteroatoms. The monoisotopic (exact) mass is 277 g/mol. The van der Waals surface area contributed by atoms with E-state index in [1.54, 1.807) is 17.4 Å². The van der Waals surface area contributed by atoms with E-state index in [2.05, 4.69) is 17.2 Å². The van der Waals surface area contributed by atoms with Gasteiger partial charge >= 0.3 is 0 Å². The summed E-state index contributed by atoms with van der Waals surface area (Å²) in [6, 6.07) is 5.72. The lowest BCUT2D eigenvalue weighted by Gasteiger charge is -2.01. The van der Waals surface area contributed by atoms with Crippen LogP contribution in [0, 0.1) is 11.8 Å². The second kappa shape index (κ2) is 6.36. The highest BCUT2D eigenvalue weighted by atomic mass is 32.1. The van der Waals surface area contributed by atoms with Gasteiger partial charge in [0.2, 0.25) is 0 Å². The van der Waals surface area contributed by atoms with Crippen molar-refractivity contribution in [2.45, 2.75) is 6.54 Å². The van der Waals surface area contributed by atoms with Gasteiger partial charge in [-0.15, -0.1) is 22.7 Å². The summed E-state index contributed by atoms with van der Waals surface area (Å²) in [5, 5.41) is 15.3. The van der Waals surface area contributed by atoms with Gasteiger partial charge in [-0.2, -0.15) is 0 Å². The number of nitrogens with one attached hydrogen (secondary N) is 1. The number of hydrogen-bond donors (Lipinski definition) is 2. The SMILES string of the molecule is O=C(NCc1cccs1)c1sccc1C#CCO. The smallest absolute Gasteiger partial charge is 0.262 e. The van der Waals surface area contributed by atoms with E-state index in [9.17, 15) is 4.79 Å². The molecule has 2 rings (SSSR count). The van der Waals surface area contributed by atoms with Crippen LogP contribution >= 0.6 is 22.7 Å². The second-order valence-electron chi connectivity index (χ2n) is 3.39. The Bertz CT molecular complexity index is 576. The van der Waals surface area contributed by atoms with Gasteiger partial charge in [0, 0.05) is 10.4 Å². The fraction of sp³-hybridized carbons (Fsp3) is 0.154. The summed E-state index contributed by atoms with van der Waals surface area (Å²) in [4.78, 5) is 13.7. The van der Waals surface area contributed by atoms with Gasteiger partial charge in [0.05, 0.1) is 6.54 Å². The lowest BCUT2D eigenvalue weighted by molar-refractivity contribution is 0.0955. The van der Waals surface area contributed by atoms with E-state index < -0.39 is 0 Å².